The van der Waals surface area contributed by atoms with Crippen LogP contribution in [0.4, 0.5) is 5.82 Å². The average Bonchev–Trinajstić information content (AvgIpc) is 2.78. The summed E-state index contributed by atoms with van der Waals surface area (Å²) < 4.78 is 4.67. The monoisotopic (exact) mass is 231 g/mol. The number of nitrogens with one attached hydrogen (secondary N) is 1. The van der Waals surface area contributed by atoms with Crippen LogP contribution < -0.4 is 5.32 Å². The van der Waals surface area contributed by atoms with E-state index < -0.39 is 0 Å². The Morgan fingerprint density at radius 2 is 1.94 bits per heavy atom. The fourth-order valence-electron chi connectivity index (χ4n) is 1.32. The van der Waals surface area contributed by atoms with Crippen LogP contribution in [0.1, 0.15) is 13.8 Å². The Balaban J connectivity index is 2.27. The van der Waals surface area contributed by atoms with Gasteiger partial charge in [0.25, 0.3) is 0 Å². The summed E-state index contributed by atoms with van der Waals surface area (Å²) in [5.41, 5.74) is 1.40. The van der Waals surface area contributed by atoms with Crippen LogP contribution >= 0.6 is 0 Å². The van der Waals surface area contributed by atoms with Gasteiger partial charge in [-0.05, 0) is 10.3 Å². The third-order valence-corrected chi connectivity index (χ3v) is 2.30. The van der Waals surface area contributed by atoms with Crippen LogP contribution in [0, 0.1) is 5.92 Å². The van der Waals surface area contributed by atoms with Crippen LogP contribution in [0.3, 0.4) is 0 Å². The molecule has 88 valence electrons. The summed E-state index contributed by atoms with van der Waals surface area (Å²) in [7, 11) is 0. The maximum atomic E-state index is 11.6. The Morgan fingerprint density at radius 3 is 2.59 bits per heavy atom. The van der Waals surface area contributed by atoms with Gasteiger partial charge in [0.2, 0.25) is 11.7 Å². The number of amides is 1. The lowest BCUT2D eigenvalue weighted by Crippen LogP contribution is -2.18. The molecule has 0 aliphatic carbocycles. The molecular weight excluding hydrogens is 218 g/mol. The van der Waals surface area contributed by atoms with Crippen molar-refractivity contribution in [2.45, 2.75) is 13.8 Å². The number of hydrogen-bond acceptors (Lipinski definition) is 4. The second-order valence-corrected chi connectivity index (χ2v) is 3.97. The minimum atomic E-state index is -0.115. The summed E-state index contributed by atoms with van der Waals surface area (Å²) in [4.78, 5) is 11.6. The van der Waals surface area contributed by atoms with E-state index in [-0.39, 0.29) is 11.8 Å². The summed E-state index contributed by atoms with van der Waals surface area (Å²) in [5.74, 6) is 0.128. The third kappa shape index (κ3) is 2.50. The van der Waals surface area contributed by atoms with Crippen molar-refractivity contribution in [1.82, 2.24) is 10.3 Å². The Labute approximate surface area is 98.8 Å². The molecule has 0 aliphatic heterocycles. The van der Waals surface area contributed by atoms with Crippen LogP contribution in [0.2, 0.25) is 0 Å². The Morgan fingerprint density at radius 1 is 1.24 bits per heavy atom. The lowest BCUT2D eigenvalue weighted by molar-refractivity contribution is -0.118. The normalized spacial score (nSPS) is 10.5. The molecule has 5 heteroatoms. The first-order valence-electron chi connectivity index (χ1n) is 5.37. The Kier molecular flexibility index (Phi) is 3.18. The number of anilines is 1. The number of nitrogens with zero attached hydrogens (tertiary/aromatic N) is 2. The zero-order valence-corrected chi connectivity index (χ0v) is 9.68. The molecule has 2 rings (SSSR count). The van der Waals surface area contributed by atoms with Crippen molar-refractivity contribution < 1.29 is 9.42 Å². The van der Waals surface area contributed by atoms with E-state index in [1.807, 2.05) is 44.2 Å². The number of carbonyl (C=O) groups is 1. The smallest absolute Gasteiger partial charge is 0.228 e. The summed E-state index contributed by atoms with van der Waals surface area (Å²) in [6, 6.07) is 9.44. The van der Waals surface area contributed by atoms with Gasteiger partial charge in [0.1, 0.15) is 0 Å². The second-order valence-electron chi connectivity index (χ2n) is 3.97. The molecule has 0 radical (unpaired) electrons. The van der Waals surface area contributed by atoms with Gasteiger partial charge >= 0.3 is 0 Å². The van der Waals surface area contributed by atoms with Crippen LogP contribution in [-0.4, -0.2) is 16.2 Å². The topological polar surface area (TPSA) is 68.0 Å². The van der Waals surface area contributed by atoms with E-state index in [0.717, 1.165) is 5.56 Å². The third-order valence-electron chi connectivity index (χ3n) is 2.30. The molecule has 1 N–H and O–H groups in total. The maximum Gasteiger partial charge on any atom is 0.228 e. The molecule has 1 amide bonds. The van der Waals surface area contributed by atoms with E-state index in [1.165, 1.54) is 0 Å². The fourth-order valence-corrected chi connectivity index (χ4v) is 1.32. The van der Waals surface area contributed by atoms with Gasteiger partial charge in [-0.1, -0.05) is 44.2 Å². The highest BCUT2D eigenvalue weighted by atomic mass is 16.6. The second kappa shape index (κ2) is 4.78. The molecule has 0 saturated heterocycles. The zero-order valence-electron chi connectivity index (χ0n) is 9.68. The van der Waals surface area contributed by atoms with E-state index in [2.05, 4.69) is 20.3 Å². The molecule has 0 atom stereocenters. The molecule has 0 spiro atoms. The zero-order chi connectivity index (χ0) is 12.3. The van der Waals surface area contributed by atoms with E-state index in [0.29, 0.717) is 11.5 Å². The first-order valence-corrected chi connectivity index (χ1v) is 5.37. The van der Waals surface area contributed by atoms with Crippen molar-refractivity contribution in [3.05, 3.63) is 30.3 Å². The van der Waals surface area contributed by atoms with E-state index in [1.54, 1.807) is 0 Å². The lowest BCUT2D eigenvalue weighted by Gasteiger charge is -2.04. The number of hydrogen-bond donors (Lipinski definition) is 1. The molecule has 1 heterocycles. The number of aromatic nitrogens is 2. The van der Waals surface area contributed by atoms with Gasteiger partial charge in [0.15, 0.2) is 5.69 Å². The van der Waals surface area contributed by atoms with Gasteiger partial charge in [-0.25, -0.2) is 4.63 Å². The maximum absolute atomic E-state index is 11.6. The van der Waals surface area contributed by atoms with E-state index in [9.17, 15) is 4.79 Å². The summed E-state index contributed by atoms with van der Waals surface area (Å²) in [6.45, 7) is 3.62. The molecule has 2 aromatic rings. The van der Waals surface area contributed by atoms with Crippen molar-refractivity contribution in [2.75, 3.05) is 5.32 Å². The minimum Gasteiger partial charge on any atom is -0.306 e. The minimum absolute atomic E-state index is 0.113. The summed E-state index contributed by atoms with van der Waals surface area (Å²) in [6.07, 6.45) is 0. The molecule has 5 nitrogen and oxygen atoms in total. The SMILES string of the molecule is CC(C)C(=O)Nc1nonc1-c1ccccc1. The summed E-state index contributed by atoms with van der Waals surface area (Å²) in [5, 5.41) is 10.2. The first kappa shape index (κ1) is 11.3. The highest BCUT2D eigenvalue weighted by Crippen LogP contribution is 2.23. The molecular formula is C12H13N3O2. The van der Waals surface area contributed by atoms with Crippen molar-refractivity contribution in [3.63, 3.8) is 0 Å². The Bertz CT molecular complexity index is 505. The molecule has 0 fully saturated rings. The van der Waals surface area contributed by atoms with Crippen LogP contribution in [-0.2, 0) is 4.79 Å². The highest BCUT2D eigenvalue weighted by molar-refractivity contribution is 5.94. The first-order chi connectivity index (χ1) is 8.18. The average molecular weight is 231 g/mol. The number of benzene rings is 1. The predicted octanol–water partition coefficient (Wildman–Crippen LogP) is 2.33. The molecule has 0 saturated carbocycles. The van der Waals surface area contributed by atoms with E-state index in [4.69, 9.17) is 0 Å². The highest BCUT2D eigenvalue weighted by Gasteiger charge is 2.16. The van der Waals surface area contributed by atoms with Crippen molar-refractivity contribution >= 4 is 11.7 Å². The van der Waals surface area contributed by atoms with E-state index >= 15 is 0 Å². The molecule has 1 aromatic heterocycles. The van der Waals surface area contributed by atoms with Crippen LogP contribution in [0.5, 0.6) is 0 Å². The van der Waals surface area contributed by atoms with Crippen molar-refractivity contribution in [2.24, 2.45) is 5.92 Å². The molecule has 0 bridgehead atoms. The largest absolute Gasteiger partial charge is 0.306 e. The van der Waals surface area contributed by atoms with Gasteiger partial charge in [0.05, 0.1) is 0 Å². The number of rotatable bonds is 3. The quantitative estimate of drug-likeness (QED) is 0.880. The van der Waals surface area contributed by atoms with Gasteiger partial charge < -0.3 is 5.32 Å². The standard InChI is InChI=1S/C12H13N3O2/c1-8(2)12(16)13-11-10(14-17-15-11)9-6-4-3-5-7-9/h3-8H,1-2H3,(H,13,15,16). The molecule has 1 aromatic carbocycles. The molecule has 0 unspecified atom stereocenters. The molecule has 0 aliphatic rings. The Hall–Kier alpha value is -2.17. The van der Waals surface area contributed by atoms with Gasteiger partial charge in [0, 0.05) is 11.5 Å². The van der Waals surface area contributed by atoms with Gasteiger partial charge in [-0.2, -0.15) is 0 Å². The van der Waals surface area contributed by atoms with Crippen molar-refractivity contribution in [3.8, 4) is 11.3 Å². The van der Waals surface area contributed by atoms with Crippen LogP contribution in [0.25, 0.3) is 11.3 Å². The van der Waals surface area contributed by atoms with Gasteiger partial charge in [-0.15, -0.1) is 0 Å². The fraction of sp³-hybridized carbons (Fsp3) is 0.250. The van der Waals surface area contributed by atoms with Crippen LogP contribution in [0.15, 0.2) is 35.0 Å². The summed E-state index contributed by atoms with van der Waals surface area (Å²) >= 11 is 0. The van der Waals surface area contributed by atoms with Crippen molar-refractivity contribution in [1.29, 1.82) is 0 Å². The predicted molar refractivity (Wildman–Crippen MR) is 63.2 cm³/mol. The molecule has 17 heavy (non-hydrogen) atoms. The lowest BCUT2D eigenvalue weighted by atomic mass is 10.1. The van der Waals surface area contributed by atoms with Gasteiger partial charge in [-0.3, -0.25) is 4.79 Å². The number of carbonyl (C=O) groups excluding carboxylic acids is 1.